The third kappa shape index (κ3) is 6.07. The third-order valence-electron chi connectivity index (χ3n) is 5.44. The molecule has 1 amide bonds. The molecule has 1 aliphatic rings. The monoisotopic (exact) mass is 407 g/mol. The number of carbonyl (C=O) groups is 1. The second-order valence-electron chi connectivity index (χ2n) is 7.52. The lowest BCUT2D eigenvalue weighted by Gasteiger charge is -2.29. The van der Waals surface area contributed by atoms with E-state index in [-0.39, 0.29) is 5.91 Å². The van der Waals surface area contributed by atoms with Gasteiger partial charge in [-0.1, -0.05) is 42.5 Å². The van der Waals surface area contributed by atoms with Crippen LogP contribution in [0.2, 0.25) is 0 Å². The van der Waals surface area contributed by atoms with Gasteiger partial charge in [0.25, 0.3) is 5.91 Å². The highest BCUT2D eigenvalue weighted by Gasteiger charge is 2.23. The molecule has 2 aromatic rings. The fourth-order valence-electron chi connectivity index (χ4n) is 3.80. The van der Waals surface area contributed by atoms with Crippen LogP contribution in [-0.4, -0.2) is 50.0 Å². The molecular weight excluding hydrogens is 374 g/mol. The number of amides is 1. The van der Waals surface area contributed by atoms with Crippen LogP contribution >= 0.6 is 0 Å². The molecule has 1 fully saturated rings. The minimum Gasteiger partial charge on any atom is -0.357 e. The number of aliphatic imine (C=N–C) groups is 1. The van der Waals surface area contributed by atoms with Crippen LogP contribution in [0, 0.1) is 0 Å². The molecule has 160 valence electrons. The van der Waals surface area contributed by atoms with Gasteiger partial charge in [0.1, 0.15) is 0 Å². The molecule has 6 nitrogen and oxygen atoms in total. The molecule has 1 atom stereocenters. The Bertz CT molecular complexity index is 813. The summed E-state index contributed by atoms with van der Waals surface area (Å²) in [7, 11) is 1.64. The van der Waals surface area contributed by atoms with Crippen molar-refractivity contribution in [2.24, 2.45) is 4.99 Å². The van der Waals surface area contributed by atoms with Gasteiger partial charge >= 0.3 is 0 Å². The second-order valence-corrected chi connectivity index (χ2v) is 7.52. The van der Waals surface area contributed by atoms with Crippen LogP contribution in [-0.2, 0) is 6.54 Å². The van der Waals surface area contributed by atoms with Crippen molar-refractivity contribution >= 4 is 11.9 Å². The molecule has 30 heavy (non-hydrogen) atoms. The number of nitrogens with one attached hydrogen (secondary N) is 3. The maximum absolute atomic E-state index is 11.7. The van der Waals surface area contributed by atoms with E-state index in [2.05, 4.69) is 58.1 Å². The number of rotatable bonds is 8. The maximum Gasteiger partial charge on any atom is 0.251 e. The van der Waals surface area contributed by atoms with E-state index < -0.39 is 0 Å². The summed E-state index contributed by atoms with van der Waals surface area (Å²) in [5.74, 6) is 0.738. The summed E-state index contributed by atoms with van der Waals surface area (Å²) in [6.45, 7) is 6.54. The van der Waals surface area contributed by atoms with E-state index in [1.165, 1.54) is 18.4 Å². The first kappa shape index (κ1) is 21.8. The number of nitrogens with zero attached hydrogens (tertiary/aromatic N) is 2. The highest BCUT2D eigenvalue weighted by Crippen LogP contribution is 2.24. The summed E-state index contributed by atoms with van der Waals surface area (Å²) in [5.41, 5.74) is 3.07. The van der Waals surface area contributed by atoms with Gasteiger partial charge in [-0.05, 0) is 56.1 Å². The maximum atomic E-state index is 11.7. The largest absolute Gasteiger partial charge is 0.357 e. The Morgan fingerprint density at radius 3 is 2.37 bits per heavy atom. The standard InChI is InChI=1S/C24H33N5O/c1-3-26-24(27-17-19-11-13-21(14-12-19)23(30)25-2)28-18-22(29-15-7-8-16-29)20-9-5-4-6-10-20/h4-6,9-14,22H,3,7-8,15-18H2,1-2H3,(H,25,30)(H2,26,27,28). The van der Waals surface area contributed by atoms with Crippen LogP contribution < -0.4 is 16.0 Å². The van der Waals surface area contributed by atoms with Gasteiger partial charge < -0.3 is 16.0 Å². The number of likely N-dealkylation sites (tertiary alicyclic amines) is 1. The van der Waals surface area contributed by atoms with Crippen molar-refractivity contribution < 1.29 is 4.79 Å². The smallest absolute Gasteiger partial charge is 0.251 e. The number of carbonyl (C=O) groups excluding carboxylic acids is 1. The van der Waals surface area contributed by atoms with E-state index in [0.29, 0.717) is 18.2 Å². The second kappa shape index (κ2) is 11.4. The molecule has 1 saturated heterocycles. The topological polar surface area (TPSA) is 68.8 Å². The van der Waals surface area contributed by atoms with E-state index in [0.717, 1.165) is 37.7 Å². The van der Waals surface area contributed by atoms with Crippen molar-refractivity contribution in [2.75, 3.05) is 33.2 Å². The molecule has 3 N–H and O–H groups in total. The Kier molecular flexibility index (Phi) is 8.27. The first-order valence-electron chi connectivity index (χ1n) is 10.8. The molecule has 0 saturated carbocycles. The summed E-state index contributed by atoms with van der Waals surface area (Å²) in [6.07, 6.45) is 2.53. The van der Waals surface area contributed by atoms with Crippen molar-refractivity contribution in [3.63, 3.8) is 0 Å². The first-order chi connectivity index (χ1) is 14.7. The average Bonchev–Trinajstić information content (AvgIpc) is 3.32. The lowest BCUT2D eigenvalue weighted by Crippen LogP contribution is -2.42. The molecule has 1 unspecified atom stereocenters. The summed E-state index contributed by atoms with van der Waals surface area (Å²) in [4.78, 5) is 19.0. The van der Waals surface area contributed by atoms with E-state index >= 15 is 0 Å². The van der Waals surface area contributed by atoms with Gasteiger partial charge in [-0.2, -0.15) is 0 Å². The van der Waals surface area contributed by atoms with Gasteiger partial charge in [0, 0.05) is 25.7 Å². The minimum atomic E-state index is -0.0751. The van der Waals surface area contributed by atoms with Crippen molar-refractivity contribution in [1.82, 2.24) is 20.9 Å². The minimum absolute atomic E-state index is 0.0751. The zero-order valence-electron chi connectivity index (χ0n) is 18.0. The predicted octanol–water partition coefficient (Wildman–Crippen LogP) is 2.94. The molecular formula is C24H33N5O. The molecule has 6 heteroatoms. The van der Waals surface area contributed by atoms with Gasteiger partial charge in [-0.3, -0.25) is 9.69 Å². The normalized spacial score (nSPS) is 15.6. The van der Waals surface area contributed by atoms with Gasteiger partial charge in [0.05, 0.1) is 12.6 Å². The Labute approximate surface area is 179 Å². The van der Waals surface area contributed by atoms with Crippen LogP contribution in [0.5, 0.6) is 0 Å². The van der Waals surface area contributed by atoms with E-state index in [9.17, 15) is 4.79 Å². The average molecular weight is 408 g/mol. The quantitative estimate of drug-likeness (QED) is 0.465. The zero-order valence-corrected chi connectivity index (χ0v) is 18.0. The van der Waals surface area contributed by atoms with Crippen molar-refractivity contribution in [3.05, 3.63) is 71.3 Å². The molecule has 1 aliphatic heterocycles. The Balaban J connectivity index is 1.65. The van der Waals surface area contributed by atoms with Gasteiger partial charge in [-0.25, -0.2) is 4.99 Å². The van der Waals surface area contributed by atoms with E-state index in [1.54, 1.807) is 7.05 Å². The first-order valence-corrected chi connectivity index (χ1v) is 10.8. The molecule has 0 bridgehead atoms. The van der Waals surface area contributed by atoms with Gasteiger partial charge in [0.15, 0.2) is 5.96 Å². The van der Waals surface area contributed by atoms with Crippen LogP contribution in [0.25, 0.3) is 0 Å². The lowest BCUT2D eigenvalue weighted by atomic mass is 10.1. The molecule has 1 heterocycles. The summed E-state index contributed by atoms with van der Waals surface area (Å²) >= 11 is 0. The van der Waals surface area contributed by atoms with Crippen LogP contribution in [0.15, 0.2) is 59.6 Å². The molecule has 0 aromatic heterocycles. The van der Waals surface area contributed by atoms with Crippen molar-refractivity contribution in [3.8, 4) is 0 Å². The van der Waals surface area contributed by atoms with Gasteiger partial charge in [0.2, 0.25) is 0 Å². The number of benzene rings is 2. The molecule has 2 aromatic carbocycles. The molecule has 0 radical (unpaired) electrons. The zero-order chi connectivity index (χ0) is 21.2. The van der Waals surface area contributed by atoms with E-state index in [4.69, 9.17) is 4.99 Å². The molecule has 0 spiro atoms. The van der Waals surface area contributed by atoms with Crippen LogP contribution in [0.3, 0.4) is 0 Å². The third-order valence-corrected chi connectivity index (χ3v) is 5.44. The molecule has 0 aliphatic carbocycles. The van der Waals surface area contributed by atoms with Crippen molar-refractivity contribution in [1.29, 1.82) is 0 Å². The summed E-state index contributed by atoms with van der Waals surface area (Å²) < 4.78 is 0. The predicted molar refractivity (Wildman–Crippen MR) is 123 cm³/mol. The fraction of sp³-hybridized carbons (Fsp3) is 0.417. The van der Waals surface area contributed by atoms with Crippen LogP contribution in [0.4, 0.5) is 0 Å². The Morgan fingerprint density at radius 2 is 1.73 bits per heavy atom. The summed E-state index contributed by atoms with van der Waals surface area (Å²) in [6, 6.07) is 18.6. The summed E-state index contributed by atoms with van der Waals surface area (Å²) in [5, 5.41) is 9.52. The van der Waals surface area contributed by atoms with Crippen molar-refractivity contribution in [2.45, 2.75) is 32.4 Å². The number of hydrogen-bond donors (Lipinski definition) is 3. The Hall–Kier alpha value is -2.86. The van der Waals surface area contributed by atoms with E-state index in [1.807, 2.05) is 24.3 Å². The highest BCUT2D eigenvalue weighted by molar-refractivity contribution is 5.93. The highest BCUT2D eigenvalue weighted by atomic mass is 16.1. The SMILES string of the molecule is CCNC(=NCc1ccc(C(=O)NC)cc1)NCC(c1ccccc1)N1CCCC1. The number of guanidine groups is 1. The lowest BCUT2D eigenvalue weighted by molar-refractivity contribution is 0.0963. The Morgan fingerprint density at radius 1 is 1.03 bits per heavy atom. The number of hydrogen-bond acceptors (Lipinski definition) is 3. The molecule has 3 rings (SSSR count). The fourth-order valence-corrected chi connectivity index (χ4v) is 3.80. The van der Waals surface area contributed by atoms with Crippen LogP contribution in [0.1, 0.15) is 47.3 Å². The van der Waals surface area contributed by atoms with Gasteiger partial charge in [-0.15, -0.1) is 0 Å².